The molecule has 142 valence electrons. The van der Waals surface area contributed by atoms with Crippen molar-refractivity contribution in [3.05, 3.63) is 66.0 Å². The number of benzene rings is 2. The molecule has 0 N–H and O–H groups in total. The fourth-order valence-electron chi connectivity index (χ4n) is 2.91. The highest BCUT2D eigenvalue weighted by atomic mass is 32.2. The van der Waals surface area contributed by atoms with Gasteiger partial charge >= 0.3 is 0 Å². The lowest BCUT2D eigenvalue weighted by Crippen LogP contribution is -2.30. The zero-order chi connectivity index (χ0) is 18.8. The highest BCUT2D eigenvalue weighted by Gasteiger charge is 2.24. The smallest absolute Gasteiger partial charge is 0.191 e. The van der Waals surface area contributed by atoms with Crippen molar-refractivity contribution in [3.8, 4) is 0 Å². The molecular weight excluding hydrogens is 408 g/mol. The Morgan fingerprint density at radius 2 is 1.86 bits per heavy atom. The molecule has 0 amide bonds. The van der Waals surface area contributed by atoms with E-state index in [-0.39, 0.29) is 0 Å². The van der Waals surface area contributed by atoms with Crippen molar-refractivity contribution in [1.82, 2.24) is 19.7 Å². The van der Waals surface area contributed by atoms with Crippen LogP contribution >= 0.6 is 34.9 Å². The first-order valence-corrected chi connectivity index (χ1v) is 11.7. The summed E-state index contributed by atoms with van der Waals surface area (Å²) in [5, 5.41) is 10.4. The number of rotatable bonds is 7. The van der Waals surface area contributed by atoms with E-state index in [4.69, 9.17) is 9.72 Å². The second kappa shape index (κ2) is 8.24. The summed E-state index contributed by atoms with van der Waals surface area (Å²) in [7, 11) is 0. The van der Waals surface area contributed by atoms with Crippen LogP contribution in [0.4, 0.5) is 0 Å². The van der Waals surface area contributed by atoms with Crippen molar-refractivity contribution in [1.29, 1.82) is 0 Å². The summed E-state index contributed by atoms with van der Waals surface area (Å²) in [4.78, 5) is 4.72. The predicted molar refractivity (Wildman–Crippen MR) is 115 cm³/mol. The van der Waals surface area contributed by atoms with Gasteiger partial charge in [-0.25, -0.2) is 4.98 Å². The van der Waals surface area contributed by atoms with Crippen LogP contribution in [0.15, 0.2) is 64.1 Å². The Hall–Kier alpha value is -1.87. The van der Waals surface area contributed by atoms with Crippen LogP contribution in [0.1, 0.15) is 11.4 Å². The van der Waals surface area contributed by atoms with E-state index in [1.54, 1.807) is 34.9 Å². The summed E-state index contributed by atoms with van der Waals surface area (Å²) >= 11 is 5.22. The van der Waals surface area contributed by atoms with Gasteiger partial charge in [0.25, 0.3) is 0 Å². The Kier molecular flexibility index (Phi) is 5.35. The van der Waals surface area contributed by atoms with Crippen molar-refractivity contribution < 1.29 is 4.74 Å². The van der Waals surface area contributed by atoms with Crippen LogP contribution in [-0.2, 0) is 17.0 Å². The number of hydrogen-bond acceptors (Lipinski definition) is 7. The molecule has 1 aliphatic heterocycles. The van der Waals surface area contributed by atoms with Gasteiger partial charge in [0.2, 0.25) is 0 Å². The average molecular weight is 427 g/mol. The minimum Gasteiger partial charge on any atom is -0.379 e. The van der Waals surface area contributed by atoms with E-state index in [0.717, 1.165) is 46.3 Å². The Bertz CT molecular complexity index is 1040. The number of nitrogens with zero attached hydrogens (tertiary/aromatic N) is 4. The molecule has 28 heavy (non-hydrogen) atoms. The molecule has 0 aliphatic carbocycles. The molecular formula is C20H18N4OS3. The van der Waals surface area contributed by atoms with Gasteiger partial charge in [-0.05, 0) is 17.7 Å². The Morgan fingerprint density at radius 3 is 2.64 bits per heavy atom. The van der Waals surface area contributed by atoms with E-state index >= 15 is 0 Å². The minimum atomic E-state index is 0.475. The number of para-hydroxylation sites is 1. The summed E-state index contributed by atoms with van der Waals surface area (Å²) in [5.74, 6) is 1.73. The topological polar surface area (TPSA) is 52.8 Å². The van der Waals surface area contributed by atoms with Crippen LogP contribution in [-0.4, -0.2) is 38.2 Å². The number of fused-ring (bicyclic) bond motifs is 1. The van der Waals surface area contributed by atoms with Gasteiger partial charge in [-0.15, -0.1) is 21.5 Å². The van der Waals surface area contributed by atoms with E-state index in [0.29, 0.717) is 5.25 Å². The van der Waals surface area contributed by atoms with Crippen LogP contribution in [0.2, 0.25) is 0 Å². The fraction of sp³-hybridized carbons (Fsp3) is 0.250. The van der Waals surface area contributed by atoms with Gasteiger partial charge in [-0.1, -0.05) is 66.0 Å². The van der Waals surface area contributed by atoms with Gasteiger partial charge < -0.3 is 9.30 Å². The zero-order valence-corrected chi connectivity index (χ0v) is 17.5. The van der Waals surface area contributed by atoms with Crippen molar-refractivity contribution in [2.75, 3.05) is 13.2 Å². The molecule has 1 fully saturated rings. The monoisotopic (exact) mass is 426 g/mol. The lowest BCUT2D eigenvalue weighted by atomic mass is 10.2. The van der Waals surface area contributed by atoms with Gasteiger partial charge in [0.15, 0.2) is 9.50 Å². The Labute approximate surface area is 175 Å². The molecule has 0 atom stereocenters. The molecule has 4 aromatic rings. The van der Waals surface area contributed by atoms with E-state index < -0.39 is 0 Å². The third-order valence-corrected chi connectivity index (χ3v) is 7.75. The molecule has 1 aliphatic rings. The molecule has 5 nitrogen and oxygen atoms in total. The molecule has 3 heterocycles. The lowest BCUT2D eigenvalue weighted by Gasteiger charge is -2.24. The van der Waals surface area contributed by atoms with Crippen molar-refractivity contribution in [2.45, 2.75) is 27.0 Å². The van der Waals surface area contributed by atoms with Crippen molar-refractivity contribution in [3.63, 3.8) is 0 Å². The van der Waals surface area contributed by atoms with Gasteiger partial charge in [-0.3, -0.25) is 0 Å². The first-order valence-electron chi connectivity index (χ1n) is 9.04. The maximum Gasteiger partial charge on any atom is 0.191 e. The summed E-state index contributed by atoms with van der Waals surface area (Å²) in [6, 6.07) is 18.7. The lowest BCUT2D eigenvalue weighted by molar-refractivity contribution is 0.0453. The highest BCUT2D eigenvalue weighted by Crippen LogP contribution is 2.33. The first-order chi connectivity index (χ1) is 13.8. The largest absolute Gasteiger partial charge is 0.379 e. The molecule has 0 unspecified atom stereocenters. The molecule has 0 spiro atoms. The molecule has 1 saturated heterocycles. The third kappa shape index (κ3) is 3.96. The van der Waals surface area contributed by atoms with Crippen LogP contribution in [0.5, 0.6) is 0 Å². The number of thiazole rings is 1. The molecule has 5 rings (SSSR count). The fourth-order valence-corrected chi connectivity index (χ4v) is 5.93. The van der Waals surface area contributed by atoms with Crippen molar-refractivity contribution in [2.24, 2.45) is 0 Å². The molecule has 0 radical (unpaired) electrons. The molecule has 0 bridgehead atoms. The van der Waals surface area contributed by atoms with E-state index in [2.05, 4.69) is 57.2 Å². The van der Waals surface area contributed by atoms with Gasteiger partial charge in [-0.2, -0.15) is 0 Å². The van der Waals surface area contributed by atoms with Crippen LogP contribution in [0.3, 0.4) is 0 Å². The molecule has 0 saturated carbocycles. The number of aromatic nitrogens is 4. The van der Waals surface area contributed by atoms with Gasteiger partial charge in [0, 0.05) is 0 Å². The van der Waals surface area contributed by atoms with Crippen molar-refractivity contribution >= 4 is 45.1 Å². The normalized spacial score (nSPS) is 14.4. The highest BCUT2D eigenvalue weighted by molar-refractivity contribution is 8.00. The van der Waals surface area contributed by atoms with Gasteiger partial charge in [0.1, 0.15) is 5.82 Å². The molecule has 2 aromatic heterocycles. The van der Waals surface area contributed by atoms with Gasteiger partial charge in [0.05, 0.1) is 41.0 Å². The minimum absolute atomic E-state index is 0.475. The van der Waals surface area contributed by atoms with Crippen LogP contribution in [0, 0.1) is 0 Å². The summed E-state index contributed by atoms with van der Waals surface area (Å²) < 4.78 is 9.84. The maximum atomic E-state index is 5.32. The van der Waals surface area contributed by atoms with Crippen LogP contribution < -0.4 is 0 Å². The maximum absolute atomic E-state index is 5.32. The summed E-state index contributed by atoms with van der Waals surface area (Å²) in [6.45, 7) is 2.36. The quantitative estimate of drug-likeness (QED) is 0.399. The zero-order valence-electron chi connectivity index (χ0n) is 15.0. The van der Waals surface area contributed by atoms with E-state index in [9.17, 15) is 0 Å². The van der Waals surface area contributed by atoms with E-state index in [1.165, 1.54) is 10.3 Å². The molecule has 8 heteroatoms. The Morgan fingerprint density at radius 1 is 1.04 bits per heavy atom. The van der Waals surface area contributed by atoms with Crippen LogP contribution in [0.25, 0.3) is 10.2 Å². The Balaban J connectivity index is 1.37. The second-order valence-corrected chi connectivity index (χ2v) is 10.0. The first kappa shape index (κ1) is 18.2. The molecule has 2 aromatic carbocycles. The summed E-state index contributed by atoms with van der Waals surface area (Å²) in [5.41, 5.74) is 2.31. The number of ether oxygens (including phenoxy) is 1. The number of thioether (sulfide) groups is 2. The average Bonchev–Trinajstić information content (AvgIpc) is 3.27. The SMILES string of the molecule is c1ccc(Cn2c(CSc3nc4ccccc4s3)nnc2SC2COC2)cc1. The predicted octanol–water partition coefficient (Wildman–Crippen LogP) is 4.72. The summed E-state index contributed by atoms with van der Waals surface area (Å²) in [6.07, 6.45) is 0. The second-order valence-electron chi connectivity index (χ2n) is 6.48. The van der Waals surface area contributed by atoms with E-state index in [1.807, 2.05) is 12.1 Å². The third-order valence-electron chi connectivity index (χ3n) is 4.46. The number of hydrogen-bond donors (Lipinski definition) is 0. The standard InChI is InChI=1S/C20H18N4OS3/c1-2-6-14(7-3-1)10-24-18(22-23-19(24)27-15-11-25-12-15)13-26-20-21-16-8-4-5-9-17(16)28-20/h1-9,15H,10-13H2.